The van der Waals surface area contributed by atoms with Crippen molar-refractivity contribution in [3.63, 3.8) is 0 Å². The van der Waals surface area contributed by atoms with Crippen LogP contribution >= 0.6 is 11.6 Å². The molecule has 0 saturated carbocycles. The quantitative estimate of drug-likeness (QED) is 0.784. The molecule has 3 heteroatoms. The predicted octanol–water partition coefficient (Wildman–Crippen LogP) is 3.39. The van der Waals surface area contributed by atoms with E-state index in [9.17, 15) is 0 Å². The summed E-state index contributed by atoms with van der Waals surface area (Å²) in [6.07, 6.45) is 0.516. The van der Waals surface area contributed by atoms with Gasteiger partial charge in [0.25, 0.3) is 0 Å². The molecule has 1 atom stereocenters. The molecule has 1 aromatic carbocycles. The topological polar surface area (TPSA) is 27.0 Å². The Hall–Kier alpha value is -1.20. The Bertz CT molecular complexity index is 382. The van der Waals surface area contributed by atoms with E-state index in [1.807, 2.05) is 39.1 Å². The highest BCUT2D eigenvalue weighted by Crippen LogP contribution is 2.27. The summed E-state index contributed by atoms with van der Waals surface area (Å²) >= 11 is 6.05. The van der Waals surface area contributed by atoms with Crippen molar-refractivity contribution < 1.29 is 0 Å². The van der Waals surface area contributed by atoms with Crippen molar-refractivity contribution in [2.45, 2.75) is 26.3 Å². The third-order valence-electron chi connectivity index (χ3n) is 2.67. The molecule has 1 rings (SSSR count). The van der Waals surface area contributed by atoms with Crippen molar-refractivity contribution in [1.29, 1.82) is 5.26 Å². The predicted molar refractivity (Wildman–Crippen MR) is 64.3 cm³/mol. The average molecular weight is 223 g/mol. The fourth-order valence-corrected chi connectivity index (χ4v) is 1.65. The second kappa shape index (κ2) is 5.04. The Morgan fingerprint density at radius 3 is 2.80 bits per heavy atom. The smallest absolute Gasteiger partial charge is 0.0643 e. The van der Waals surface area contributed by atoms with Gasteiger partial charge in [0.05, 0.1) is 12.5 Å². The Balaban J connectivity index is 2.96. The summed E-state index contributed by atoms with van der Waals surface area (Å²) in [7, 11) is 1.99. The first-order chi connectivity index (χ1) is 7.07. The zero-order chi connectivity index (χ0) is 11.4. The molecule has 2 nitrogen and oxygen atoms in total. The summed E-state index contributed by atoms with van der Waals surface area (Å²) < 4.78 is 0. The monoisotopic (exact) mass is 222 g/mol. The van der Waals surface area contributed by atoms with Crippen molar-refractivity contribution >= 4 is 17.3 Å². The van der Waals surface area contributed by atoms with Crippen LogP contribution < -0.4 is 4.90 Å². The van der Waals surface area contributed by atoms with Crippen LogP contribution in [-0.4, -0.2) is 13.1 Å². The van der Waals surface area contributed by atoms with Gasteiger partial charge in [-0.25, -0.2) is 0 Å². The lowest BCUT2D eigenvalue weighted by molar-refractivity contribution is 0.701. The summed E-state index contributed by atoms with van der Waals surface area (Å²) in [5.74, 6) is 0. The first-order valence-corrected chi connectivity index (χ1v) is 5.30. The van der Waals surface area contributed by atoms with Crippen LogP contribution in [0.5, 0.6) is 0 Å². The molecule has 0 bridgehead atoms. The standard InChI is InChI=1S/C12H15ClN2/c1-9(7-8-14)15(3)12-6-4-5-11(13)10(12)2/h4-6,9H,7H2,1-3H3. The highest BCUT2D eigenvalue weighted by molar-refractivity contribution is 6.31. The molecular formula is C12H15ClN2. The van der Waals surface area contributed by atoms with E-state index in [0.717, 1.165) is 16.3 Å². The Morgan fingerprint density at radius 1 is 1.53 bits per heavy atom. The molecule has 0 aliphatic heterocycles. The van der Waals surface area contributed by atoms with E-state index in [1.165, 1.54) is 0 Å². The lowest BCUT2D eigenvalue weighted by Gasteiger charge is -2.27. The maximum Gasteiger partial charge on any atom is 0.0643 e. The first kappa shape index (κ1) is 11.9. The van der Waals surface area contributed by atoms with E-state index in [1.54, 1.807) is 0 Å². The molecule has 0 aliphatic rings. The molecule has 15 heavy (non-hydrogen) atoms. The molecule has 0 spiro atoms. The molecule has 0 N–H and O–H groups in total. The molecule has 80 valence electrons. The minimum atomic E-state index is 0.201. The third kappa shape index (κ3) is 2.64. The van der Waals surface area contributed by atoms with Crippen molar-refractivity contribution in [1.82, 2.24) is 0 Å². The number of hydrogen-bond donors (Lipinski definition) is 0. The number of anilines is 1. The fraction of sp³-hybridized carbons (Fsp3) is 0.417. The van der Waals surface area contributed by atoms with Crippen LogP contribution in [0, 0.1) is 18.3 Å². The summed E-state index contributed by atoms with van der Waals surface area (Å²) in [4.78, 5) is 2.09. The van der Waals surface area contributed by atoms with Gasteiger partial charge in [-0.05, 0) is 31.5 Å². The van der Waals surface area contributed by atoms with Crippen LogP contribution in [0.4, 0.5) is 5.69 Å². The van der Waals surface area contributed by atoms with Gasteiger partial charge in [-0.3, -0.25) is 0 Å². The number of nitrogens with zero attached hydrogens (tertiary/aromatic N) is 2. The molecular weight excluding hydrogens is 208 g/mol. The number of hydrogen-bond acceptors (Lipinski definition) is 2. The summed E-state index contributed by atoms with van der Waals surface area (Å²) in [5, 5.41) is 9.42. The molecule has 0 amide bonds. The molecule has 0 fully saturated rings. The Labute approximate surface area is 96.1 Å². The van der Waals surface area contributed by atoms with E-state index in [4.69, 9.17) is 16.9 Å². The average Bonchev–Trinajstić information content (AvgIpc) is 2.21. The second-order valence-corrected chi connectivity index (χ2v) is 4.11. The van der Waals surface area contributed by atoms with E-state index in [2.05, 4.69) is 11.0 Å². The maximum atomic E-state index is 8.65. The molecule has 1 unspecified atom stereocenters. The Kier molecular flexibility index (Phi) is 3.99. The van der Waals surface area contributed by atoms with Gasteiger partial charge in [0, 0.05) is 23.8 Å². The van der Waals surface area contributed by atoms with Crippen LogP contribution in [0.25, 0.3) is 0 Å². The van der Waals surface area contributed by atoms with E-state index in [0.29, 0.717) is 6.42 Å². The van der Waals surface area contributed by atoms with Gasteiger partial charge in [0.2, 0.25) is 0 Å². The second-order valence-electron chi connectivity index (χ2n) is 3.71. The fourth-order valence-electron chi connectivity index (χ4n) is 1.48. The molecule has 0 radical (unpaired) electrons. The van der Waals surface area contributed by atoms with Crippen LogP contribution in [0.15, 0.2) is 18.2 Å². The summed E-state index contributed by atoms with van der Waals surface area (Å²) in [6, 6.07) is 8.21. The van der Waals surface area contributed by atoms with Gasteiger partial charge in [-0.2, -0.15) is 5.26 Å². The van der Waals surface area contributed by atoms with Crippen LogP contribution in [0.2, 0.25) is 5.02 Å². The zero-order valence-electron chi connectivity index (χ0n) is 9.29. The first-order valence-electron chi connectivity index (χ1n) is 4.92. The minimum Gasteiger partial charge on any atom is -0.371 e. The van der Waals surface area contributed by atoms with Crippen LogP contribution in [0.3, 0.4) is 0 Å². The normalized spacial score (nSPS) is 11.9. The zero-order valence-corrected chi connectivity index (χ0v) is 10.0. The van der Waals surface area contributed by atoms with Crippen molar-refractivity contribution in [2.75, 3.05) is 11.9 Å². The van der Waals surface area contributed by atoms with Crippen molar-refractivity contribution in [3.8, 4) is 6.07 Å². The van der Waals surface area contributed by atoms with Gasteiger partial charge in [-0.1, -0.05) is 17.7 Å². The molecule has 0 aromatic heterocycles. The number of nitriles is 1. The number of rotatable bonds is 3. The van der Waals surface area contributed by atoms with E-state index in [-0.39, 0.29) is 6.04 Å². The van der Waals surface area contributed by atoms with Gasteiger partial charge in [-0.15, -0.1) is 0 Å². The highest BCUT2D eigenvalue weighted by atomic mass is 35.5. The largest absolute Gasteiger partial charge is 0.371 e. The van der Waals surface area contributed by atoms with Gasteiger partial charge < -0.3 is 4.90 Å². The highest BCUT2D eigenvalue weighted by Gasteiger charge is 2.12. The van der Waals surface area contributed by atoms with Crippen molar-refractivity contribution in [3.05, 3.63) is 28.8 Å². The SMILES string of the molecule is Cc1c(Cl)cccc1N(C)C(C)CC#N. The molecule has 0 saturated heterocycles. The van der Waals surface area contributed by atoms with Gasteiger partial charge >= 0.3 is 0 Å². The Morgan fingerprint density at radius 2 is 2.20 bits per heavy atom. The molecule has 1 aromatic rings. The lowest BCUT2D eigenvalue weighted by Crippen LogP contribution is -2.28. The van der Waals surface area contributed by atoms with E-state index < -0.39 is 0 Å². The molecule has 0 heterocycles. The lowest BCUT2D eigenvalue weighted by atomic mass is 10.1. The van der Waals surface area contributed by atoms with Crippen molar-refractivity contribution in [2.24, 2.45) is 0 Å². The van der Waals surface area contributed by atoms with Crippen LogP contribution in [0.1, 0.15) is 18.9 Å². The third-order valence-corrected chi connectivity index (χ3v) is 3.08. The number of benzene rings is 1. The summed E-state index contributed by atoms with van der Waals surface area (Å²) in [6.45, 7) is 4.02. The van der Waals surface area contributed by atoms with Gasteiger partial charge in [0.15, 0.2) is 0 Å². The summed E-state index contributed by atoms with van der Waals surface area (Å²) in [5.41, 5.74) is 2.15. The maximum absolute atomic E-state index is 8.65. The van der Waals surface area contributed by atoms with Crippen LogP contribution in [-0.2, 0) is 0 Å². The van der Waals surface area contributed by atoms with E-state index >= 15 is 0 Å². The molecule has 0 aliphatic carbocycles. The number of halogens is 1. The minimum absolute atomic E-state index is 0.201. The van der Waals surface area contributed by atoms with Gasteiger partial charge in [0.1, 0.15) is 0 Å².